The summed E-state index contributed by atoms with van der Waals surface area (Å²) in [4.78, 5) is 14.3. The lowest BCUT2D eigenvalue weighted by Gasteiger charge is -2.26. The highest BCUT2D eigenvalue weighted by molar-refractivity contribution is 6.31. The Balaban J connectivity index is 1.88. The molecule has 1 aliphatic carbocycles. The summed E-state index contributed by atoms with van der Waals surface area (Å²) in [6, 6.07) is 5.62. The number of hydrogen-bond donors (Lipinski definition) is 2. The van der Waals surface area contributed by atoms with Crippen LogP contribution in [-0.4, -0.2) is 30.4 Å². The van der Waals surface area contributed by atoms with Gasteiger partial charge in [0, 0.05) is 11.1 Å². The quantitative estimate of drug-likeness (QED) is 0.661. The normalized spacial score (nSPS) is 16.7. The average molecular weight is 310 g/mol. The molecule has 5 heteroatoms. The van der Waals surface area contributed by atoms with E-state index in [1.807, 2.05) is 7.05 Å². The van der Waals surface area contributed by atoms with Crippen LogP contribution in [0.25, 0.3) is 0 Å². The van der Waals surface area contributed by atoms with E-state index in [-0.39, 0.29) is 5.91 Å². The molecular formula is C16H24ClN3O. The summed E-state index contributed by atoms with van der Waals surface area (Å²) >= 11 is 5.85. The summed E-state index contributed by atoms with van der Waals surface area (Å²) in [5.74, 6) is -0.0317. The number of halogens is 1. The smallest absolute Gasteiger partial charge is 0.238 e. The fourth-order valence-corrected chi connectivity index (χ4v) is 3.07. The Morgan fingerprint density at radius 2 is 2.00 bits per heavy atom. The van der Waals surface area contributed by atoms with E-state index in [2.05, 4.69) is 10.2 Å². The van der Waals surface area contributed by atoms with Gasteiger partial charge >= 0.3 is 0 Å². The Labute approximate surface area is 131 Å². The molecule has 0 aliphatic heterocycles. The fraction of sp³-hybridized carbons (Fsp3) is 0.562. The van der Waals surface area contributed by atoms with Crippen LogP contribution in [0.2, 0.25) is 5.02 Å². The van der Waals surface area contributed by atoms with Gasteiger partial charge in [-0.2, -0.15) is 0 Å². The third kappa shape index (κ3) is 4.90. The number of benzene rings is 1. The van der Waals surface area contributed by atoms with Crippen molar-refractivity contribution in [2.45, 2.75) is 44.6 Å². The molecule has 0 radical (unpaired) electrons. The Morgan fingerprint density at radius 3 is 2.62 bits per heavy atom. The molecule has 0 heterocycles. The molecule has 0 unspecified atom stereocenters. The SMILES string of the molecule is CN(CC(=O)Nc1ccc(Cl)cc1N)C1CCCCCC1. The van der Waals surface area contributed by atoms with Crippen LogP contribution in [0.1, 0.15) is 38.5 Å². The summed E-state index contributed by atoms with van der Waals surface area (Å²) in [6.07, 6.45) is 7.54. The van der Waals surface area contributed by atoms with Crippen LogP contribution in [0, 0.1) is 0 Å². The lowest BCUT2D eigenvalue weighted by molar-refractivity contribution is -0.117. The second-order valence-corrected chi connectivity index (χ2v) is 6.28. The molecule has 1 aromatic carbocycles. The van der Waals surface area contributed by atoms with Crippen molar-refractivity contribution in [3.05, 3.63) is 23.2 Å². The van der Waals surface area contributed by atoms with Gasteiger partial charge in [0.2, 0.25) is 5.91 Å². The van der Waals surface area contributed by atoms with Gasteiger partial charge in [-0.05, 0) is 38.1 Å². The molecule has 1 saturated carbocycles. The number of nitrogen functional groups attached to an aromatic ring is 1. The predicted octanol–water partition coefficient (Wildman–Crippen LogP) is 3.52. The molecule has 4 nitrogen and oxygen atoms in total. The summed E-state index contributed by atoms with van der Waals surface area (Å²) in [5.41, 5.74) is 6.97. The van der Waals surface area contributed by atoms with E-state index in [0.29, 0.717) is 29.0 Å². The van der Waals surface area contributed by atoms with Gasteiger partial charge < -0.3 is 11.1 Å². The maximum atomic E-state index is 12.1. The van der Waals surface area contributed by atoms with Gasteiger partial charge in [-0.25, -0.2) is 0 Å². The van der Waals surface area contributed by atoms with E-state index in [1.54, 1.807) is 18.2 Å². The minimum absolute atomic E-state index is 0.0317. The van der Waals surface area contributed by atoms with Gasteiger partial charge in [-0.15, -0.1) is 0 Å². The third-order valence-electron chi connectivity index (χ3n) is 4.13. The van der Waals surface area contributed by atoms with Gasteiger partial charge in [0.25, 0.3) is 0 Å². The van der Waals surface area contributed by atoms with Gasteiger partial charge in [-0.3, -0.25) is 9.69 Å². The molecule has 0 spiro atoms. The van der Waals surface area contributed by atoms with Crippen molar-refractivity contribution >= 4 is 28.9 Å². The fourth-order valence-electron chi connectivity index (χ4n) is 2.89. The Hall–Kier alpha value is -1.26. The number of nitrogens with two attached hydrogens (primary N) is 1. The molecule has 1 aromatic rings. The molecular weight excluding hydrogens is 286 g/mol. The molecule has 0 atom stereocenters. The molecule has 0 bridgehead atoms. The number of carbonyl (C=O) groups excluding carboxylic acids is 1. The first-order chi connectivity index (χ1) is 10.1. The van der Waals surface area contributed by atoms with Crippen molar-refractivity contribution in [1.29, 1.82) is 0 Å². The highest BCUT2D eigenvalue weighted by Crippen LogP contribution is 2.23. The number of anilines is 2. The van der Waals surface area contributed by atoms with Crippen molar-refractivity contribution in [1.82, 2.24) is 4.90 Å². The Bertz CT molecular complexity index is 484. The molecule has 1 amide bonds. The van der Waals surface area contributed by atoms with Gasteiger partial charge in [-0.1, -0.05) is 37.3 Å². The molecule has 0 aromatic heterocycles. The van der Waals surface area contributed by atoms with Crippen LogP contribution in [0.3, 0.4) is 0 Å². The molecule has 0 saturated heterocycles. The number of nitrogens with one attached hydrogen (secondary N) is 1. The van der Waals surface area contributed by atoms with Crippen LogP contribution in [0.5, 0.6) is 0 Å². The van der Waals surface area contributed by atoms with Crippen LogP contribution >= 0.6 is 11.6 Å². The van der Waals surface area contributed by atoms with Crippen molar-refractivity contribution in [2.75, 3.05) is 24.6 Å². The summed E-state index contributed by atoms with van der Waals surface area (Å²) in [6.45, 7) is 0.396. The predicted molar refractivity (Wildman–Crippen MR) is 88.6 cm³/mol. The molecule has 2 rings (SSSR count). The molecule has 3 N–H and O–H groups in total. The lowest BCUT2D eigenvalue weighted by Crippen LogP contribution is -2.37. The van der Waals surface area contributed by atoms with Crippen LogP contribution in [-0.2, 0) is 4.79 Å². The number of rotatable bonds is 4. The Kier molecular flexibility index (Phi) is 5.88. The lowest BCUT2D eigenvalue weighted by atomic mass is 10.1. The molecule has 21 heavy (non-hydrogen) atoms. The van der Waals surface area contributed by atoms with Crippen molar-refractivity contribution in [3.8, 4) is 0 Å². The van der Waals surface area contributed by atoms with Gasteiger partial charge in [0.1, 0.15) is 0 Å². The van der Waals surface area contributed by atoms with Crippen molar-refractivity contribution < 1.29 is 4.79 Å². The number of likely N-dealkylation sites (N-methyl/N-ethyl adjacent to an activating group) is 1. The van der Waals surface area contributed by atoms with Gasteiger partial charge in [0.15, 0.2) is 0 Å². The molecule has 1 aliphatic rings. The zero-order chi connectivity index (χ0) is 15.2. The number of nitrogens with zero attached hydrogens (tertiary/aromatic N) is 1. The topological polar surface area (TPSA) is 58.4 Å². The van der Waals surface area contributed by atoms with E-state index in [1.165, 1.54) is 38.5 Å². The first kappa shape index (κ1) is 16.1. The molecule has 1 fully saturated rings. The second kappa shape index (κ2) is 7.66. The van der Waals surface area contributed by atoms with E-state index >= 15 is 0 Å². The highest BCUT2D eigenvalue weighted by Gasteiger charge is 2.19. The zero-order valence-corrected chi connectivity index (χ0v) is 13.3. The van der Waals surface area contributed by atoms with Crippen LogP contribution < -0.4 is 11.1 Å². The van der Waals surface area contributed by atoms with E-state index < -0.39 is 0 Å². The van der Waals surface area contributed by atoms with Crippen LogP contribution in [0.15, 0.2) is 18.2 Å². The molecule has 116 valence electrons. The Morgan fingerprint density at radius 1 is 1.33 bits per heavy atom. The number of amides is 1. The summed E-state index contributed by atoms with van der Waals surface area (Å²) < 4.78 is 0. The number of hydrogen-bond acceptors (Lipinski definition) is 3. The van der Waals surface area contributed by atoms with Gasteiger partial charge in [0.05, 0.1) is 17.9 Å². The van der Waals surface area contributed by atoms with E-state index in [4.69, 9.17) is 17.3 Å². The third-order valence-corrected chi connectivity index (χ3v) is 4.36. The second-order valence-electron chi connectivity index (χ2n) is 5.84. The monoisotopic (exact) mass is 309 g/mol. The maximum Gasteiger partial charge on any atom is 0.238 e. The maximum absolute atomic E-state index is 12.1. The minimum atomic E-state index is -0.0317. The van der Waals surface area contributed by atoms with Crippen LogP contribution in [0.4, 0.5) is 11.4 Å². The van der Waals surface area contributed by atoms with E-state index in [0.717, 1.165) is 0 Å². The average Bonchev–Trinajstić information content (AvgIpc) is 2.71. The largest absolute Gasteiger partial charge is 0.397 e. The zero-order valence-electron chi connectivity index (χ0n) is 12.6. The van der Waals surface area contributed by atoms with Crippen molar-refractivity contribution in [2.24, 2.45) is 0 Å². The summed E-state index contributed by atoms with van der Waals surface area (Å²) in [5, 5.41) is 3.43. The number of carbonyl (C=O) groups is 1. The minimum Gasteiger partial charge on any atom is -0.397 e. The standard InChI is InChI=1S/C16H24ClN3O/c1-20(13-6-4-2-3-5-7-13)11-16(21)19-15-9-8-12(17)10-14(15)18/h8-10,13H,2-7,11,18H2,1H3,(H,19,21). The van der Waals surface area contributed by atoms with E-state index in [9.17, 15) is 4.79 Å². The summed E-state index contributed by atoms with van der Waals surface area (Å²) in [7, 11) is 2.03. The van der Waals surface area contributed by atoms with Crippen molar-refractivity contribution in [3.63, 3.8) is 0 Å². The first-order valence-corrected chi connectivity index (χ1v) is 7.99. The first-order valence-electron chi connectivity index (χ1n) is 7.61. The highest BCUT2D eigenvalue weighted by atomic mass is 35.5.